The van der Waals surface area contributed by atoms with Crippen LogP contribution in [0.1, 0.15) is 18.1 Å². The van der Waals surface area contributed by atoms with Crippen LogP contribution in [0, 0.1) is 5.82 Å². The lowest BCUT2D eigenvalue weighted by molar-refractivity contribution is 0.174. The average Bonchev–Trinajstić information content (AvgIpc) is 2.53. The molecule has 1 aromatic rings. The number of nitrogens with two attached hydrogens (primary N) is 1. The Bertz CT molecular complexity index is 384. The van der Waals surface area contributed by atoms with Crippen molar-refractivity contribution in [2.75, 3.05) is 19.8 Å². The monoisotopic (exact) mass is 227 g/mol. The van der Waals surface area contributed by atoms with E-state index in [1.165, 1.54) is 12.1 Å². The molecular weight excluding hydrogens is 213 g/mol. The molecule has 0 aromatic heterocycles. The topological polar surface area (TPSA) is 64.7 Å². The lowest BCUT2D eigenvalue weighted by Crippen LogP contribution is -2.14. The molecule has 0 amide bonds. The summed E-state index contributed by atoms with van der Waals surface area (Å²) in [6.45, 7) is 0.911. The molecule has 1 heterocycles. The van der Waals surface area contributed by atoms with Gasteiger partial charge in [0, 0.05) is 13.0 Å². The van der Waals surface area contributed by atoms with Gasteiger partial charge in [0.05, 0.1) is 24.9 Å². The molecule has 88 valence electrons. The van der Waals surface area contributed by atoms with E-state index in [1.807, 2.05) is 0 Å². The van der Waals surface area contributed by atoms with E-state index in [2.05, 4.69) is 0 Å². The number of benzene rings is 1. The minimum atomic E-state index is -1.07. The van der Waals surface area contributed by atoms with Crippen LogP contribution in [-0.4, -0.2) is 24.9 Å². The van der Waals surface area contributed by atoms with Gasteiger partial charge in [0.2, 0.25) is 0 Å². The third-order valence-corrected chi connectivity index (χ3v) is 2.46. The number of fused-ring (bicyclic) bond motifs is 1. The molecule has 4 nitrogen and oxygen atoms in total. The van der Waals surface area contributed by atoms with Gasteiger partial charge >= 0.3 is 0 Å². The van der Waals surface area contributed by atoms with Crippen LogP contribution in [0.3, 0.4) is 0 Å². The first kappa shape index (κ1) is 11.2. The van der Waals surface area contributed by atoms with Crippen LogP contribution in [-0.2, 0) is 0 Å². The van der Waals surface area contributed by atoms with Gasteiger partial charge in [-0.15, -0.1) is 0 Å². The second kappa shape index (κ2) is 4.67. The predicted molar refractivity (Wildman–Crippen MR) is 56.0 cm³/mol. The van der Waals surface area contributed by atoms with Crippen molar-refractivity contribution in [3.8, 4) is 11.5 Å². The van der Waals surface area contributed by atoms with Gasteiger partial charge in [0.15, 0.2) is 11.5 Å². The van der Waals surface area contributed by atoms with Gasteiger partial charge in [-0.25, -0.2) is 4.39 Å². The van der Waals surface area contributed by atoms with Crippen molar-refractivity contribution in [2.24, 2.45) is 5.73 Å². The van der Waals surface area contributed by atoms with Crippen LogP contribution >= 0.6 is 0 Å². The van der Waals surface area contributed by atoms with Crippen molar-refractivity contribution in [1.82, 2.24) is 0 Å². The maximum absolute atomic E-state index is 13.6. The lowest BCUT2D eigenvalue weighted by Gasteiger charge is -2.16. The smallest absolute Gasteiger partial charge is 0.169 e. The summed E-state index contributed by atoms with van der Waals surface area (Å²) >= 11 is 0. The first-order valence-corrected chi connectivity index (χ1v) is 5.20. The van der Waals surface area contributed by atoms with E-state index in [4.69, 9.17) is 15.2 Å². The van der Waals surface area contributed by atoms with Crippen LogP contribution in [0.15, 0.2) is 12.1 Å². The molecule has 16 heavy (non-hydrogen) atoms. The van der Waals surface area contributed by atoms with Gasteiger partial charge < -0.3 is 20.3 Å². The molecule has 1 atom stereocenters. The minimum absolute atomic E-state index is 0.0588. The van der Waals surface area contributed by atoms with Gasteiger partial charge in [-0.1, -0.05) is 0 Å². The van der Waals surface area contributed by atoms with Crippen molar-refractivity contribution < 1.29 is 19.0 Å². The van der Waals surface area contributed by atoms with E-state index in [-0.39, 0.29) is 17.9 Å². The number of hydrogen-bond donors (Lipinski definition) is 2. The van der Waals surface area contributed by atoms with Crippen LogP contribution < -0.4 is 15.2 Å². The minimum Gasteiger partial charge on any atom is -0.490 e. The Balaban J connectivity index is 2.48. The number of ether oxygens (including phenoxy) is 2. The second-order valence-corrected chi connectivity index (χ2v) is 3.59. The first-order valence-electron chi connectivity index (χ1n) is 5.20. The molecule has 1 aromatic carbocycles. The highest BCUT2D eigenvalue weighted by atomic mass is 19.1. The van der Waals surface area contributed by atoms with Crippen LogP contribution in [0.2, 0.25) is 0 Å². The molecule has 3 N–H and O–H groups in total. The largest absolute Gasteiger partial charge is 0.490 e. The normalized spacial score (nSPS) is 16.7. The quantitative estimate of drug-likeness (QED) is 0.790. The zero-order valence-corrected chi connectivity index (χ0v) is 8.78. The molecule has 0 fully saturated rings. The van der Waals surface area contributed by atoms with Gasteiger partial charge in [-0.05, 0) is 12.1 Å². The third-order valence-electron chi connectivity index (χ3n) is 2.46. The SMILES string of the molecule is NCC(O)c1c(F)ccc2c1OCCCO2. The molecule has 0 radical (unpaired) electrons. The molecule has 1 aliphatic rings. The fourth-order valence-electron chi connectivity index (χ4n) is 1.66. The van der Waals surface area contributed by atoms with Gasteiger partial charge in [0.1, 0.15) is 5.82 Å². The highest BCUT2D eigenvalue weighted by molar-refractivity contribution is 5.49. The lowest BCUT2D eigenvalue weighted by atomic mass is 10.1. The zero-order valence-electron chi connectivity index (χ0n) is 8.78. The highest BCUT2D eigenvalue weighted by Crippen LogP contribution is 2.38. The Kier molecular flexibility index (Phi) is 3.26. The molecule has 0 saturated carbocycles. The van der Waals surface area contributed by atoms with E-state index < -0.39 is 11.9 Å². The molecule has 1 unspecified atom stereocenters. The van der Waals surface area contributed by atoms with Crippen molar-refractivity contribution in [3.05, 3.63) is 23.5 Å². The van der Waals surface area contributed by atoms with Crippen molar-refractivity contribution >= 4 is 0 Å². The Hall–Kier alpha value is -1.33. The number of rotatable bonds is 2. The number of halogens is 1. The summed E-state index contributed by atoms with van der Waals surface area (Å²) in [6, 6.07) is 2.75. The van der Waals surface area contributed by atoms with E-state index in [0.717, 1.165) is 6.42 Å². The summed E-state index contributed by atoms with van der Waals surface area (Å²) in [5.41, 5.74) is 5.42. The zero-order chi connectivity index (χ0) is 11.5. The van der Waals surface area contributed by atoms with Crippen LogP contribution in [0.5, 0.6) is 11.5 Å². The second-order valence-electron chi connectivity index (χ2n) is 3.59. The fraction of sp³-hybridized carbons (Fsp3) is 0.455. The molecule has 0 spiro atoms. The van der Waals surface area contributed by atoms with Crippen molar-refractivity contribution in [2.45, 2.75) is 12.5 Å². The van der Waals surface area contributed by atoms with Crippen molar-refractivity contribution in [3.63, 3.8) is 0 Å². The van der Waals surface area contributed by atoms with E-state index >= 15 is 0 Å². The van der Waals surface area contributed by atoms with Crippen LogP contribution in [0.4, 0.5) is 4.39 Å². The molecule has 5 heteroatoms. The van der Waals surface area contributed by atoms with Crippen molar-refractivity contribution in [1.29, 1.82) is 0 Å². The summed E-state index contributed by atoms with van der Waals surface area (Å²) in [7, 11) is 0. The molecule has 0 bridgehead atoms. The molecule has 2 rings (SSSR count). The Morgan fingerprint density at radius 3 is 2.88 bits per heavy atom. The standard InChI is InChI=1S/C11H14FNO3/c12-7-2-3-9-11(10(7)8(14)6-13)16-5-1-4-15-9/h2-3,8,14H,1,4-6,13H2. The summed E-state index contributed by atoms with van der Waals surface area (Å²) < 4.78 is 24.4. The third kappa shape index (κ3) is 1.96. The van der Waals surface area contributed by atoms with E-state index in [0.29, 0.717) is 19.0 Å². The summed E-state index contributed by atoms with van der Waals surface area (Å²) in [5.74, 6) is 0.207. The maximum Gasteiger partial charge on any atom is 0.169 e. The predicted octanol–water partition coefficient (Wildman–Crippen LogP) is 0.979. The van der Waals surface area contributed by atoms with E-state index in [9.17, 15) is 9.50 Å². The van der Waals surface area contributed by atoms with Gasteiger partial charge in [-0.2, -0.15) is 0 Å². The highest BCUT2D eigenvalue weighted by Gasteiger charge is 2.23. The fourth-order valence-corrected chi connectivity index (χ4v) is 1.66. The Labute approximate surface area is 92.8 Å². The van der Waals surface area contributed by atoms with E-state index in [1.54, 1.807) is 0 Å². The number of aliphatic hydroxyl groups excluding tert-OH is 1. The molecular formula is C11H14FNO3. The van der Waals surface area contributed by atoms with Crippen LogP contribution in [0.25, 0.3) is 0 Å². The average molecular weight is 227 g/mol. The number of hydrogen-bond acceptors (Lipinski definition) is 4. The number of aliphatic hydroxyl groups is 1. The van der Waals surface area contributed by atoms with Gasteiger partial charge in [-0.3, -0.25) is 0 Å². The molecule has 0 saturated heterocycles. The molecule has 1 aliphatic heterocycles. The summed E-state index contributed by atoms with van der Waals surface area (Å²) in [4.78, 5) is 0. The maximum atomic E-state index is 13.6. The Morgan fingerprint density at radius 2 is 2.12 bits per heavy atom. The van der Waals surface area contributed by atoms with Gasteiger partial charge in [0.25, 0.3) is 0 Å². The Morgan fingerprint density at radius 1 is 1.38 bits per heavy atom. The summed E-state index contributed by atoms with van der Waals surface area (Å²) in [6.07, 6.45) is -0.342. The summed E-state index contributed by atoms with van der Waals surface area (Å²) in [5, 5.41) is 9.66. The first-order chi connectivity index (χ1) is 7.74. The molecule has 0 aliphatic carbocycles.